The van der Waals surface area contributed by atoms with Crippen LogP contribution in [0.2, 0.25) is 0 Å². The van der Waals surface area contributed by atoms with Gasteiger partial charge in [-0.15, -0.1) is 0 Å². The van der Waals surface area contributed by atoms with Crippen LogP contribution in [-0.2, 0) is 29.1 Å². The van der Waals surface area contributed by atoms with Gasteiger partial charge in [-0.2, -0.15) is 20.1 Å². The van der Waals surface area contributed by atoms with Crippen LogP contribution in [0.15, 0.2) is 42.9 Å². The Hall–Kier alpha value is -3.38. The van der Waals surface area contributed by atoms with E-state index in [1.807, 2.05) is 0 Å². The monoisotopic (exact) mass is 597 g/mol. The Kier molecular flexibility index (Phi) is 8.32. The lowest BCUT2D eigenvalue weighted by Gasteiger charge is -2.29. The van der Waals surface area contributed by atoms with Crippen molar-refractivity contribution in [3.8, 4) is 11.8 Å². The molecule has 1 aliphatic heterocycles. The zero-order valence-electron chi connectivity index (χ0n) is 21.5. The first kappa shape index (κ1) is 29.6. The van der Waals surface area contributed by atoms with Crippen LogP contribution in [0.25, 0.3) is 11.0 Å². The van der Waals surface area contributed by atoms with Gasteiger partial charge in [0.25, 0.3) is 5.13 Å². The van der Waals surface area contributed by atoms with Crippen molar-refractivity contribution >= 4 is 42.2 Å². The molecule has 0 bridgehead atoms. The zero-order valence-corrected chi connectivity index (χ0v) is 23.1. The lowest BCUT2D eigenvalue weighted by Crippen LogP contribution is -2.50. The Balaban J connectivity index is 1.61. The Bertz CT molecular complexity index is 1470. The number of fused-ring (bicyclic) bond motifs is 1. The number of alkyl halides is 2. The number of hydrogen-bond donors (Lipinski definition) is 3. The third-order valence-corrected chi connectivity index (χ3v) is 7.90. The third kappa shape index (κ3) is 5.46. The zero-order chi connectivity index (χ0) is 29.3. The molecule has 6 atom stereocenters. The first-order valence-electron chi connectivity index (χ1n) is 11.9. The molecule has 0 amide bonds. The average Bonchev–Trinajstić information content (AvgIpc) is 3.41. The highest BCUT2D eigenvalue weighted by Gasteiger charge is 2.70. The van der Waals surface area contributed by atoms with Gasteiger partial charge in [-0.05, 0) is 32.9 Å². The van der Waals surface area contributed by atoms with Gasteiger partial charge in [-0.1, -0.05) is 29.8 Å². The number of aliphatic hydroxyl groups excluding tert-OH is 1. The van der Waals surface area contributed by atoms with Gasteiger partial charge in [-0.3, -0.25) is 9.32 Å². The number of anilines is 1. The molecular weight excluding hydrogens is 572 g/mol. The number of ether oxygens (including phenoxy) is 2. The fourth-order valence-electron chi connectivity index (χ4n) is 3.86. The Labute approximate surface area is 232 Å². The smallest absolute Gasteiger partial charge is 0.459 e. The fourth-order valence-corrected chi connectivity index (χ4v) is 5.67. The number of carbonyl (C=O) groups is 1. The van der Waals surface area contributed by atoms with E-state index in [9.17, 15) is 19.7 Å². The first-order valence-corrected chi connectivity index (χ1v) is 13.8. The van der Waals surface area contributed by atoms with Crippen LogP contribution in [0.4, 0.5) is 10.2 Å². The average molecular weight is 598 g/mol. The van der Waals surface area contributed by atoms with Gasteiger partial charge in [0.15, 0.2) is 5.65 Å². The summed E-state index contributed by atoms with van der Waals surface area (Å²) < 4.78 is 52.2. The number of nitriles is 1. The van der Waals surface area contributed by atoms with Gasteiger partial charge in [-0.25, -0.2) is 18.9 Å². The van der Waals surface area contributed by atoms with Gasteiger partial charge >= 0.3 is 19.4 Å². The number of benzene rings is 1. The molecule has 2 aromatic heterocycles. The number of rotatable bonds is 10. The molecule has 4 rings (SSSR count). The van der Waals surface area contributed by atoms with Crippen molar-refractivity contribution in [3.63, 3.8) is 0 Å². The maximum atomic E-state index is 16.0. The lowest BCUT2D eigenvalue weighted by atomic mass is 10.0. The van der Waals surface area contributed by atoms with Crippen molar-refractivity contribution in [2.45, 2.75) is 56.0 Å². The maximum absolute atomic E-state index is 16.0. The van der Waals surface area contributed by atoms with E-state index in [1.54, 1.807) is 38.1 Å². The number of nitrogens with one attached hydrogen (secondary N) is 1. The number of aromatic nitrogens is 4. The molecule has 40 heavy (non-hydrogen) atoms. The molecule has 0 saturated carbocycles. The molecule has 0 aliphatic carbocycles. The van der Waals surface area contributed by atoms with Crippen LogP contribution in [0.5, 0.6) is 5.75 Å². The van der Waals surface area contributed by atoms with Gasteiger partial charge in [0, 0.05) is 0 Å². The summed E-state index contributed by atoms with van der Waals surface area (Å²) in [6.07, 6.45) is -2.07. The van der Waals surface area contributed by atoms with E-state index in [0.717, 1.165) is 11.0 Å². The summed E-state index contributed by atoms with van der Waals surface area (Å²) in [5.74, 6) is -0.636. The largest absolute Gasteiger partial charge is 0.462 e. The molecule has 3 aromatic rings. The second kappa shape index (κ2) is 11.2. The molecule has 4 N–H and O–H groups in total. The molecule has 14 nitrogen and oxygen atoms in total. The van der Waals surface area contributed by atoms with E-state index in [1.165, 1.54) is 25.3 Å². The summed E-state index contributed by atoms with van der Waals surface area (Å²) in [6, 6.07) is 8.33. The van der Waals surface area contributed by atoms with Gasteiger partial charge < -0.3 is 24.8 Å². The van der Waals surface area contributed by atoms with Gasteiger partial charge in [0.05, 0.1) is 24.3 Å². The Morgan fingerprint density at radius 1 is 1.38 bits per heavy atom. The highest BCUT2D eigenvalue weighted by atomic mass is 35.5. The number of nitrogens with two attached hydrogens (primary N) is 1. The minimum atomic E-state index is -4.42. The molecule has 1 saturated heterocycles. The van der Waals surface area contributed by atoms with E-state index in [4.69, 9.17) is 35.9 Å². The number of hydrogen-bond acceptors (Lipinski definition) is 12. The summed E-state index contributed by atoms with van der Waals surface area (Å²) in [7, 11) is -4.42. The van der Waals surface area contributed by atoms with Crippen molar-refractivity contribution in [1.82, 2.24) is 24.8 Å². The molecule has 214 valence electrons. The van der Waals surface area contributed by atoms with E-state index < -0.39 is 55.5 Å². The van der Waals surface area contributed by atoms with Crippen molar-refractivity contribution in [1.29, 1.82) is 5.26 Å². The fraction of sp³-hybridized carbons (Fsp3) is 0.435. The molecule has 3 heterocycles. The summed E-state index contributed by atoms with van der Waals surface area (Å²) in [4.78, 5) is 20.1. The first-order chi connectivity index (χ1) is 18.8. The quantitative estimate of drug-likeness (QED) is 0.175. The minimum absolute atomic E-state index is 0.00279. The van der Waals surface area contributed by atoms with E-state index in [2.05, 4.69) is 20.2 Å². The summed E-state index contributed by atoms with van der Waals surface area (Å²) in [5.41, 5.74) is 2.96. The van der Waals surface area contributed by atoms with Crippen LogP contribution in [-0.4, -0.2) is 66.9 Å². The van der Waals surface area contributed by atoms with Crippen LogP contribution in [0.3, 0.4) is 0 Å². The highest BCUT2D eigenvalue weighted by molar-refractivity contribution is 7.52. The molecule has 1 unspecified atom stereocenters. The van der Waals surface area contributed by atoms with Crippen LogP contribution in [0, 0.1) is 11.3 Å². The minimum Gasteiger partial charge on any atom is -0.462 e. The molecule has 17 heteroatoms. The van der Waals surface area contributed by atoms with Crippen LogP contribution < -0.4 is 15.3 Å². The van der Waals surface area contributed by atoms with Crippen LogP contribution in [0.1, 0.15) is 20.8 Å². The van der Waals surface area contributed by atoms with Crippen LogP contribution >= 0.6 is 19.3 Å². The number of esters is 1. The molecule has 1 aliphatic rings. The Morgan fingerprint density at radius 2 is 2.08 bits per heavy atom. The lowest BCUT2D eigenvalue weighted by molar-refractivity contribution is -0.149. The normalized spacial score (nSPS) is 26.8. The Morgan fingerprint density at radius 3 is 2.73 bits per heavy atom. The molecular formula is C23H26ClFN7O7P. The van der Waals surface area contributed by atoms with Crippen molar-refractivity contribution < 1.29 is 37.4 Å². The van der Waals surface area contributed by atoms with Crippen molar-refractivity contribution in [2.75, 3.05) is 12.3 Å². The van der Waals surface area contributed by atoms with Gasteiger partial charge in [0.2, 0.25) is 0 Å². The number of carbonyl (C=O) groups excluding carboxylic acids is 1. The summed E-state index contributed by atoms with van der Waals surface area (Å²) in [5, 5.41) is 24.1. The second-order valence-electron chi connectivity index (χ2n) is 9.07. The maximum Gasteiger partial charge on any atom is 0.459 e. The number of nitrogen functional groups attached to an aromatic ring is 1. The molecule has 0 radical (unpaired) electrons. The predicted molar refractivity (Wildman–Crippen MR) is 138 cm³/mol. The second-order valence-corrected chi connectivity index (χ2v) is 11.3. The molecule has 1 fully saturated rings. The van der Waals surface area contributed by atoms with Gasteiger partial charge in [0.1, 0.15) is 42.2 Å². The summed E-state index contributed by atoms with van der Waals surface area (Å²) in [6.45, 7) is 3.85. The topological polar surface area (TPSA) is 197 Å². The number of aliphatic hydroxyl groups is 1. The number of nitrogens with zero attached hydrogens (tertiary/aromatic N) is 5. The van der Waals surface area contributed by atoms with Crippen molar-refractivity contribution in [2.24, 2.45) is 0 Å². The van der Waals surface area contributed by atoms with E-state index >= 15 is 4.39 Å². The van der Waals surface area contributed by atoms with Crippen molar-refractivity contribution in [3.05, 3.63) is 42.9 Å². The van der Waals surface area contributed by atoms with E-state index in [-0.39, 0.29) is 22.6 Å². The predicted octanol–water partition coefficient (Wildman–Crippen LogP) is 2.38. The highest BCUT2D eigenvalue weighted by Crippen LogP contribution is 2.52. The standard InChI is InChI=1S/C23H26ClFN7O7P/c1-13(2)37-21(34)14(3)31-40(35,39-15-7-5-4-6-8-15)36-10-17-18(33)23(24,25)22(11-26,38-17)32-20-16(9-30-32)19(27)28-12-29-20/h4-9,12-14,17-18,33H,10H2,1-3H3,(H,31,35)(H2,27,28,29)/t14?,17-,18-,22-,23-,40+/m1/s1. The third-order valence-electron chi connectivity index (χ3n) is 5.78. The number of halogens is 2. The summed E-state index contributed by atoms with van der Waals surface area (Å²) >= 11 is 6.09. The SMILES string of the molecule is CC(C)OC(=O)C(C)N[P@](=O)(OC[C@H]1O[C@@](C#N)(n2ncc3c(N)ncnc32)[C@@](F)(Cl)[C@@H]1O)Oc1ccccc1. The number of para-hydroxylation sites is 1. The van der Waals surface area contributed by atoms with E-state index in [0.29, 0.717) is 0 Å². The molecule has 0 spiro atoms. The molecule has 1 aromatic carbocycles.